The van der Waals surface area contributed by atoms with Gasteiger partial charge in [-0.3, -0.25) is 0 Å². The Hall–Kier alpha value is -1.75. The summed E-state index contributed by atoms with van der Waals surface area (Å²) in [7, 11) is 2.89. The van der Waals surface area contributed by atoms with E-state index < -0.39 is 12.1 Å². The maximum atomic E-state index is 10.7. The van der Waals surface area contributed by atoms with Gasteiger partial charge < -0.3 is 19.7 Å². The first kappa shape index (κ1) is 12.3. The quantitative estimate of drug-likeness (QED) is 0.804. The summed E-state index contributed by atoms with van der Waals surface area (Å²) in [6.07, 6.45) is -1.62. The molecule has 0 heterocycles. The van der Waals surface area contributed by atoms with Crippen molar-refractivity contribution in [3.8, 4) is 11.5 Å². The number of aliphatic carboxylic acids is 1. The van der Waals surface area contributed by atoms with Crippen molar-refractivity contribution in [3.63, 3.8) is 0 Å². The minimum absolute atomic E-state index is 0.178. The third-order valence-corrected chi connectivity index (χ3v) is 2.28. The van der Waals surface area contributed by atoms with Crippen LogP contribution < -0.4 is 9.47 Å². The summed E-state index contributed by atoms with van der Waals surface area (Å²) in [5, 5.41) is 18.2. The number of carboxylic acids is 1. The monoisotopic (exact) mass is 226 g/mol. The van der Waals surface area contributed by atoms with E-state index in [1.807, 2.05) is 0 Å². The first-order chi connectivity index (χ1) is 7.51. The molecule has 1 atom stereocenters. The summed E-state index contributed by atoms with van der Waals surface area (Å²) in [5.74, 6) is -0.492. The molecule has 0 aliphatic carbocycles. The van der Waals surface area contributed by atoms with Crippen molar-refractivity contribution in [2.24, 2.45) is 0 Å². The van der Waals surface area contributed by atoms with Crippen molar-refractivity contribution in [3.05, 3.63) is 23.3 Å². The van der Waals surface area contributed by atoms with Gasteiger partial charge in [0.2, 0.25) is 0 Å². The van der Waals surface area contributed by atoms with Crippen LogP contribution in [0.4, 0.5) is 0 Å². The first-order valence-electron chi connectivity index (χ1n) is 4.64. The Kier molecular flexibility index (Phi) is 3.73. The standard InChI is InChI=1S/C11H14O5/c1-6-4-9(16-3)7(5-8(6)15-2)10(12)11(13)14/h4-5,10,12H,1-3H3,(H,13,14). The van der Waals surface area contributed by atoms with E-state index in [1.165, 1.54) is 20.3 Å². The number of methoxy groups -OCH3 is 2. The highest BCUT2D eigenvalue weighted by Gasteiger charge is 2.22. The van der Waals surface area contributed by atoms with Crippen LogP contribution in [0.25, 0.3) is 0 Å². The number of carboxylic acid groups (broad SMARTS) is 1. The van der Waals surface area contributed by atoms with Crippen molar-refractivity contribution < 1.29 is 24.5 Å². The average molecular weight is 226 g/mol. The number of hydrogen-bond donors (Lipinski definition) is 2. The largest absolute Gasteiger partial charge is 0.496 e. The lowest BCUT2D eigenvalue weighted by molar-refractivity contribution is -0.147. The van der Waals surface area contributed by atoms with Crippen molar-refractivity contribution >= 4 is 5.97 Å². The second-order valence-corrected chi connectivity index (χ2v) is 3.30. The van der Waals surface area contributed by atoms with Crippen LogP contribution in [0.5, 0.6) is 11.5 Å². The Morgan fingerprint density at radius 3 is 2.25 bits per heavy atom. The van der Waals surface area contributed by atoms with Gasteiger partial charge >= 0.3 is 5.97 Å². The molecule has 5 nitrogen and oxygen atoms in total. The highest BCUT2D eigenvalue weighted by Crippen LogP contribution is 2.32. The average Bonchev–Trinajstić information content (AvgIpc) is 2.27. The number of aliphatic hydroxyl groups excluding tert-OH is 1. The first-order valence-corrected chi connectivity index (χ1v) is 4.64. The number of carbonyl (C=O) groups is 1. The second-order valence-electron chi connectivity index (χ2n) is 3.30. The van der Waals surface area contributed by atoms with Crippen LogP contribution in [0.1, 0.15) is 17.2 Å². The number of hydrogen-bond acceptors (Lipinski definition) is 4. The van der Waals surface area contributed by atoms with Gasteiger partial charge in [0.25, 0.3) is 0 Å². The van der Waals surface area contributed by atoms with E-state index in [0.29, 0.717) is 11.5 Å². The Morgan fingerprint density at radius 2 is 1.81 bits per heavy atom. The van der Waals surface area contributed by atoms with E-state index in [1.54, 1.807) is 13.0 Å². The molecule has 1 unspecified atom stereocenters. The van der Waals surface area contributed by atoms with Crippen LogP contribution in [0.3, 0.4) is 0 Å². The predicted octanol–water partition coefficient (Wildman–Crippen LogP) is 1.13. The maximum Gasteiger partial charge on any atom is 0.337 e. The molecular formula is C11H14O5. The molecule has 0 saturated heterocycles. The van der Waals surface area contributed by atoms with Gasteiger partial charge in [-0.15, -0.1) is 0 Å². The summed E-state index contributed by atoms with van der Waals surface area (Å²) in [5.41, 5.74) is 0.984. The van der Waals surface area contributed by atoms with E-state index in [-0.39, 0.29) is 5.56 Å². The van der Waals surface area contributed by atoms with Gasteiger partial charge in [0.05, 0.1) is 14.2 Å². The molecule has 2 N–H and O–H groups in total. The second kappa shape index (κ2) is 4.85. The third-order valence-electron chi connectivity index (χ3n) is 2.28. The van der Waals surface area contributed by atoms with E-state index in [2.05, 4.69) is 0 Å². The van der Waals surface area contributed by atoms with Crippen LogP contribution in [0, 0.1) is 6.92 Å². The van der Waals surface area contributed by atoms with E-state index in [9.17, 15) is 9.90 Å². The van der Waals surface area contributed by atoms with Gasteiger partial charge in [0.1, 0.15) is 11.5 Å². The van der Waals surface area contributed by atoms with Crippen LogP contribution >= 0.6 is 0 Å². The van der Waals surface area contributed by atoms with Gasteiger partial charge in [-0.25, -0.2) is 4.79 Å². The van der Waals surface area contributed by atoms with Gasteiger partial charge in [-0.1, -0.05) is 0 Å². The van der Waals surface area contributed by atoms with E-state index in [4.69, 9.17) is 14.6 Å². The number of aryl methyl sites for hydroxylation is 1. The molecule has 16 heavy (non-hydrogen) atoms. The van der Waals surface area contributed by atoms with Gasteiger partial charge in [-0.05, 0) is 24.6 Å². The van der Waals surface area contributed by atoms with Gasteiger partial charge in [0.15, 0.2) is 6.10 Å². The van der Waals surface area contributed by atoms with Gasteiger partial charge in [-0.2, -0.15) is 0 Å². The summed E-state index contributed by atoms with van der Waals surface area (Å²) in [6.45, 7) is 1.80. The predicted molar refractivity (Wildman–Crippen MR) is 56.9 cm³/mol. The molecule has 88 valence electrons. The van der Waals surface area contributed by atoms with Crippen molar-refractivity contribution in [1.82, 2.24) is 0 Å². The Labute approximate surface area is 93.2 Å². The molecule has 1 aromatic rings. The zero-order chi connectivity index (χ0) is 12.3. The molecule has 1 aromatic carbocycles. The number of aliphatic hydroxyl groups is 1. The Morgan fingerprint density at radius 1 is 1.25 bits per heavy atom. The number of rotatable bonds is 4. The molecule has 0 amide bonds. The molecule has 0 radical (unpaired) electrons. The summed E-state index contributed by atoms with van der Waals surface area (Å²) in [4.78, 5) is 10.7. The van der Waals surface area contributed by atoms with Crippen molar-refractivity contribution in [2.45, 2.75) is 13.0 Å². The lowest BCUT2D eigenvalue weighted by Gasteiger charge is -2.14. The summed E-state index contributed by atoms with van der Waals surface area (Å²) >= 11 is 0. The fourth-order valence-corrected chi connectivity index (χ4v) is 1.42. The van der Waals surface area contributed by atoms with Crippen LogP contribution in [0.2, 0.25) is 0 Å². The molecule has 0 spiro atoms. The molecule has 0 bridgehead atoms. The minimum Gasteiger partial charge on any atom is -0.496 e. The SMILES string of the molecule is COc1cc(C(O)C(=O)O)c(OC)cc1C. The van der Waals surface area contributed by atoms with Crippen LogP contribution in [-0.2, 0) is 4.79 Å². The zero-order valence-corrected chi connectivity index (χ0v) is 9.35. The molecule has 1 rings (SSSR count). The Bertz CT molecular complexity index is 400. The lowest BCUT2D eigenvalue weighted by atomic mass is 10.0. The van der Waals surface area contributed by atoms with E-state index >= 15 is 0 Å². The Balaban J connectivity index is 3.29. The minimum atomic E-state index is -1.62. The molecular weight excluding hydrogens is 212 g/mol. The van der Waals surface area contributed by atoms with Gasteiger partial charge in [0, 0.05) is 5.56 Å². The fourth-order valence-electron chi connectivity index (χ4n) is 1.42. The van der Waals surface area contributed by atoms with Crippen LogP contribution in [-0.4, -0.2) is 30.4 Å². The van der Waals surface area contributed by atoms with Crippen LogP contribution in [0.15, 0.2) is 12.1 Å². The molecule has 5 heteroatoms. The lowest BCUT2D eigenvalue weighted by Crippen LogP contribution is -2.12. The fraction of sp³-hybridized carbons (Fsp3) is 0.364. The number of ether oxygens (including phenoxy) is 2. The summed E-state index contributed by atoms with van der Waals surface area (Å²) < 4.78 is 10.1. The smallest absolute Gasteiger partial charge is 0.337 e. The van der Waals surface area contributed by atoms with Crippen molar-refractivity contribution in [2.75, 3.05) is 14.2 Å². The maximum absolute atomic E-state index is 10.7. The molecule has 0 aliphatic rings. The topological polar surface area (TPSA) is 76.0 Å². The molecule has 0 fully saturated rings. The normalized spacial score (nSPS) is 12.0. The molecule has 0 aliphatic heterocycles. The highest BCUT2D eigenvalue weighted by atomic mass is 16.5. The highest BCUT2D eigenvalue weighted by molar-refractivity contribution is 5.75. The summed E-state index contributed by atoms with van der Waals surface area (Å²) in [6, 6.07) is 3.09. The zero-order valence-electron chi connectivity index (χ0n) is 9.35. The number of benzene rings is 1. The van der Waals surface area contributed by atoms with E-state index in [0.717, 1.165) is 5.56 Å². The third kappa shape index (κ3) is 2.25. The molecule has 0 aromatic heterocycles. The van der Waals surface area contributed by atoms with Crippen molar-refractivity contribution in [1.29, 1.82) is 0 Å². The molecule has 0 saturated carbocycles.